The van der Waals surface area contributed by atoms with E-state index in [9.17, 15) is 9.90 Å². The fourth-order valence-corrected chi connectivity index (χ4v) is 5.04. The number of anilines is 2. The predicted molar refractivity (Wildman–Crippen MR) is 131 cm³/mol. The van der Waals surface area contributed by atoms with Gasteiger partial charge in [-0.25, -0.2) is 0 Å². The lowest BCUT2D eigenvalue weighted by atomic mass is 9.78. The first-order valence-electron chi connectivity index (χ1n) is 11.1. The number of nitrogens with one attached hydrogen (secondary N) is 2. The second-order valence-corrected chi connectivity index (χ2v) is 8.76. The molecule has 0 spiro atoms. The van der Waals surface area contributed by atoms with Crippen LogP contribution in [0.5, 0.6) is 11.5 Å². The van der Waals surface area contributed by atoms with E-state index < -0.39 is 0 Å². The molecule has 0 saturated carbocycles. The second-order valence-electron chi connectivity index (χ2n) is 8.35. The van der Waals surface area contributed by atoms with Gasteiger partial charge in [0, 0.05) is 22.7 Å². The molecule has 0 fully saturated rings. The van der Waals surface area contributed by atoms with Crippen LogP contribution in [0.25, 0.3) is 0 Å². The van der Waals surface area contributed by atoms with Gasteiger partial charge in [0.25, 0.3) is 0 Å². The lowest BCUT2D eigenvalue weighted by molar-refractivity contribution is -0.116. The van der Waals surface area contributed by atoms with Crippen molar-refractivity contribution >= 4 is 28.8 Å². The van der Waals surface area contributed by atoms with Crippen molar-refractivity contribution in [3.05, 3.63) is 94.1 Å². The summed E-state index contributed by atoms with van der Waals surface area (Å²) in [4.78, 5) is 13.6. The standard InChI is InChI=1S/C27H25ClN2O3/c1-2-33-25-15-16(11-12-23(25)31)27-26-22(29-20-9-5-6-10-21(20)30-27)13-17(14-24(26)32)18-7-3-4-8-19(18)28/h3-12,15,17,27,29-31H,2,13-14H2,1H3/t17-,27+/m1/s1. The number of ketones is 1. The van der Waals surface area contributed by atoms with Crippen LogP contribution in [0.2, 0.25) is 5.02 Å². The first-order chi connectivity index (χ1) is 16.0. The minimum Gasteiger partial charge on any atom is -0.504 e. The molecule has 3 N–H and O–H groups in total. The zero-order chi connectivity index (χ0) is 22.9. The van der Waals surface area contributed by atoms with Crippen molar-refractivity contribution in [1.82, 2.24) is 0 Å². The van der Waals surface area contributed by atoms with E-state index in [2.05, 4.69) is 10.6 Å². The molecule has 1 aliphatic heterocycles. The molecular formula is C27H25ClN2O3. The molecule has 0 unspecified atom stereocenters. The van der Waals surface area contributed by atoms with Crippen LogP contribution in [-0.4, -0.2) is 17.5 Å². The van der Waals surface area contributed by atoms with E-state index in [1.807, 2.05) is 67.6 Å². The summed E-state index contributed by atoms with van der Waals surface area (Å²) in [5.74, 6) is 0.560. The number of para-hydroxylation sites is 2. The van der Waals surface area contributed by atoms with Gasteiger partial charge < -0.3 is 20.5 Å². The Balaban J connectivity index is 1.62. The highest BCUT2D eigenvalue weighted by Crippen LogP contribution is 2.46. The first kappa shape index (κ1) is 21.4. The molecule has 6 heteroatoms. The molecule has 1 heterocycles. The predicted octanol–water partition coefficient (Wildman–Crippen LogP) is 6.42. The molecule has 2 atom stereocenters. The van der Waals surface area contributed by atoms with E-state index in [-0.39, 0.29) is 23.5 Å². The van der Waals surface area contributed by atoms with Crippen LogP contribution in [0.3, 0.4) is 0 Å². The molecule has 2 aliphatic rings. The van der Waals surface area contributed by atoms with Crippen molar-refractivity contribution in [1.29, 1.82) is 0 Å². The molecule has 0 amide bonds. The third-order valence-electron chi connectivity index (χ3n) is 6.27. The smallest absolute Gasteiger partial charge is 0.163 e. The van der Waals surface area contributed by atoms with E-state index >= 15 is 0 Å². The molecule has 0 saturated heterocycles. The van der Waals surface area contributed by atoms with E-state index in [4.69, 9.17) is 16.3 Å². The van der Waals surface area contributed by atoms with Crippen LogP contribution in [0.1, 0.15) is 42.9 Å². The number of hydrogen-bond donors (Lipinski definition) is 3. The number of carbonyl (C=O) groups is 1. The van der Waals surface area contributed by atoms with Crippen molar-refractivity contribution in [3.8, 4) is 11.5 Å². The number of ether oxygens (including phenoxy) is 1. The molecule has 0 bridgehead atoms. The highest BCUT2D eigenvalue weighted by molar-refractivity contribution is 6.31. The molecule has 168 valence electrons. The summed E-state index contributed by atoms with van der Waals surface area (Å²) >= 11 is 6.48. The number of phenolic OH excluding ortho intramolecular Hbond substituents is 1. The number of Topliss-reactive ketones (excluding diaryl/α,β-unsaturated/α-hetero) is 1. The van der Waals surface area contributed by atoms with Crippen LogP contribution in [0.4, 0.5) is 11.4 Å². The highest BCUT2D eigenvalue weighted by atomic mass is 35.5. The largest absolute Gasteiger partial charge is 0.504 e. The number of hydrogen-bond acceptors (Lipinski definition) is 5. The van der Waals surface area contributed by atoms with Gasteiger partial charge in [0.05, 0.1) is 24.0 Å². The normalized spacial score (nSPS) is 19.6. The van der Waals surface area contributed by atoms with E-state index in [0.29, 0.717) is 35.8 Å². The second kappa shape index (κ2) is 8.83. The Bertz CT molecular complexity index is 1250. The first-order valence-corrected chi connectivity index (χ1v) is 11.5. The average molecular weight is 461 g/mol. The van der Waals surface area contributed by atoms with Gasteiger partial charge in [-0.1, -0.05) is 48.0 Å². The van der Waals surface area contributed by atoms with Crippen molar-refractivity contribution in [3.63, 3.8) is 0 Å². The van der Waals surface area contributed by atoms with Crippen molar-refractivity contribution in [2.24, 2.45) is 0 Å². The minimum atomic E-state index is -0.379. The van der Waals surface area contributed by atoms with Crippen molar-refractivity contribution in [2.45, 2.75) is 31.7 Å². The maximum atomic E-state index is 13.6. The summed E-state index contributed by atoms with van der Waals surface area (Å²) in [7, 11) is 0. The van der Waals surface area contributed by atoms with Gasteiger partial charge in [-0.3, -0.25) is 4.79 Å². The quantitative estimate of drug-likeness (QED) is 0.419. The number of benzene rings is 3. The van der Waals surface area contributed by atoms with Crippen molar-refractivity contribution < 1.29 is 14.6 Å². The third kappa shape index (κ3) is 4.05. The fourth-order valence-electron chi connectivity index (χ4n) is 4.75. The zero-order valence-electron chi connectivity index (χ0n) is 18.3. The lowest BCUT2D eigenvalue weighted by Gasteiger charge is -2.30. The maximum Gasteiger partial charge on any atom is 0.163 e. The van der Waals surface area contributed by atoms with Gasteiger partial charge in [-0.15, -0.1) is 0 Å². The summed E-state index contributed by atoms with van der Waals surface area (Å²) in [6.45, 7) is 2.31. The SMILES string of the molecule is CCOc1cc([C@@H]2Nc3ccccc3NC3=C2C(=O)C[C@H](c2ccccc2Cl)C3)ccc1O. The van der Waals surface area contributed by atoms with Gasteiger partial charge in [-0.2, -0.15) is 0 Å². The molecule has 1 aliphatic carbocycles. The van der Waals surface area contributed by atoms with Gasteiger partial charge >= 0.3 is 0 Å². The Morgan fingerprint density at radius 3 is 2.58 bits per heavy atom. The molecular weight excluding hydrogens is 436 g/mol. The minimum absolute atomic E-state index is 0.00201. The monoisotopic (exact) mass is 460 g/mol. The van der Waals surface area contributed by atoms with E-state index in [1.165, 1.54) is 0 Å². The summed E-state index contributed by atoms with van der Waals surface area (Å²) in [6, 6.07) is 20.5. The number of halogens is 1. The van der Waals surface area contributed by atoms with Gasteiger partial charge in [0.1, 0.15) is 0 Å². The number of carbonyl (C=O) groups excluding carboxylic acids is 1. The molecule has 5 nitrogen and oxygen atoms in total. The van der Waals surface area contributed by atoms with Crippen LogP contribution < -0.4 is 15.4 Å². The number of rotatable bonds is 4. The fraction of sp³-hybridized carbons (Fsp3) is 0.222. The number of fused-ring (bicyclic) bond motifs is 1. The Hall–Kier alpha value is -3.44. The molecule has 0 radical (unpaired) electrons. The van der Waals surface area contributed by atoms with Gasteiger partial charge in [0.2, 0.25) is 0 Å². The van der Waals surface area contributed by atoms with Gasteiger partial charge in [0.15, 0.2) is 17.3 Å². The molecule has 3 aromatic carbocycles. The van der Waals surface area contributed by atoms with Crippen LogP contribution in [-0.2, 0) is 4.79 Å². The lowest BCUT2D eigenvalue weighted by Crippen LogP contribution is -2.27. The Labute approximate surface area is 198 Å². The highest BCUT2D eigenvalue weighted by Gasteiger charge is 2.36. The number of aromatic hydroxyl groups is 1. The molecule has 3 aromatic rings. The molecule has 5 rings (SSSR count). The number of phenols is 1. The summed E-state index contributed by atoms with van der Waals surface area (Å²) < 4.78 is 5.61. The molecule has 33 heavy (non-hydrogen) atoms. The van der Waals surface area contributed by atoms with Gasteiger partial charge in [-0.05, 0) is 60.7 Å². The zero-order valence-corrected chi connectivity index (χ0v) is 19.0. The van der Waals surface area contributed by atoms with Crippen molar-refractivity contribution in [2.75, 3.05) is 17.2 Å². The summed E-state index contributed by atoms with van der Waals surface area (Å²) in [5, 5.41) is 18.0. The summed E-state index contributed by atoms with van der Waals surface area (Å²) in [6.07, 6.45) is 1.06. The average Bonchev–Trinajstić information content (AvgIpc) is 2.98. The Morgan fingerprint density at radius 2 is 1.79 bits per heavy atom. The van der Waals surface area contributed by atoms with Crippen LogP contribution in [0, 0.1) is 0 Å². The summed E-state index contributed by atoms with van der Waals surface area (Å²) in [5.41, 5.74) is 5.28. The van der Waals surface area contributed by atoms with Crippen LogP contribution in [0.15, 0.2) is 78.0 Å². The Kier molecular flexibility index (Phi) is 5.73. The maximum absolute atomic E-state index is 13.6. The van der Waals surface area contributed by atoms with Crippen LogP contribution >= 0.6 is 11.6 Å². The third-order valence-corrected chi connectivity index (χ3v) is 6.62. The molecule has 0 aromatic heterocycles. The topological polar surface area (TPSA) is 70.6 Å². The Morgan fingerprint density at radius 1 is 1.03 bits per heavy atom. The van der Waals surface area contributed by atoms with E-state index in [1.54, 1.807) is 6.07 Å². The van der Waals surface area contributed by atoms with E-state index in [0.717, 1.165) is 28.2 Å². The number of allylic oxidation sites excluding steroid dienone is 1.